The van der Waals surface area contributed by atoms with E-state index >= 15 is 0 Å². The van der Waals surface area contributed by atoms with Crippen molar-refractivity contribution >= 4 is 21.4 Å². The highest BCUT2D eigenvalue weighted by Crippen LogP contribution is 2.14. The van der Waals surface area contributed by atoms with Crippen LogP contribution in [0.5, 0.6) is 5.75 Å². The van der Waals surface area contributed by atoms with E-state index in [4.69, 9.17) is 0 Å². The third kappa shape index (κ3) is 2.95. The largest absolute Gasteiger partial charge is 0.508 e. The summed E-state index contributed by atoms with van der Waals surface area (Å²) < 4.78 is 30.2. The maximum absolute atomic E-state index is 12.3. The van der Waals surface area contributed by atoms with Gasteiger partial charge in [0.05, 0.1) is 4.90 Å². The lowest BCUT2D eigenvalue weighted by atomic mass is 10.3. The highest BCUT2D eigenvalue weighted by molar-refractivity contribution is 7.90. The Morgan fingerprint density at radius 1 is 1.00 bits per heavy atom. The predicted molar refractivity (Wildman–Crippen MR) is 84.5 cm³/mol. The highest BCUT2D eigenvalue weighted by Gasteiger charge is 2.12. The normalized spacial score (nSPS) is 12.5. The molecule has 3 rings (SSSR count). The van der Waals surface area contributed by atoms with Crippen LogP contribution in [0.25, 0.3) is 5.69 Å². The number of aromatic hydroxyl groups is 1. The molecule has 7 heteroatoms. The van der Waals surface area contributed by atoms with Gasteiger partial charge in [0.15, 0.2) is 0 Å². The third-order valence-corrected chi connectivity index (χ3v) is 5.11. The third-order valence-electron chi connectivity index (χ3n) is 2.96. The van der Waals surface area contributed by atoms with Gasteiger partial charge in [-0.2, -0.15) is 8.42 Å². The Kier molecular flexibility index (Phi) is 3.82. The number of thiazole rings is 1. The van der Waals surface area contributed by atoms with Crippen molar-refractivity contribution < 1.29 is 13.5 Å². The van der Waals surface area contributed by atoms with Crippen LogP contribution in [-0.2, 0) is 10.0 Å². The van der Waals surface area contributed by atoms with Crippen molar-refractivity contribution in [2.24, 2.45) is 4.40 Å². The second-order valence-electron chi connectivity index (χ2n) is 4.45. The summed E-state index contributed by atoms with van der Waals surface area (Å²) in [5.74, 6) is 0.148. The molecule has 22 heavy (non-hydrogen) atoms. The first-order valence-electron chi connectivity index (χ1n) is 6.38. The van der Waals surface area contributed by atoms with Gasteiger partial charge in [-0.05, 0) is 36.4 Å². The van der Waals surface area contributed by atoms with Crippen molar-refractivity contribution in [3.8, 4) is 11.4 Å². The lowest BCUT2D eigenvalue weighted by Crippen LogP contribution is -2.14. The van der Waals surface area contributed by atoms with E-state index < -0.39 is 10.0 Å². The van der Waals surface area contributed by atoms with Crippen LogP contribution in [0.3, 0.4) is 0 Å². The average Bonchev–Trinajstić information content (AvgIpc) is 2.96. The Labute approximate surface area is 131 Å². The fraction of sp³-hybridized carbons (Fsp3) is 0. The van der Waals surface area contributed by atoms with Crippen molar-refractivity contribution in [3.05, 3.63) is 71.0 Å². The van der Waals surface area contributed by atoms with Crippen LogP contribution >= 0.6 is 11.3 Å². The van der Waals surface area contributed by atoms with Gasteiger partial charge in [0.1, 0.15) is 5.75 Å². The fourth-order valence-electron chi connectivity index (χ4n) is 1.90. The highest BCUT2D eigenvalue weighted by atomic mass is 32.2. The summed E-state index contributed by atoms with van der Waals surface area (Å²) in [5.41, 5.74) is 0.723. The summed E-state index contributed by atoms with van der Waals surface area (Å²) in [6, 6.07) is 14.5. The van der Waals surface area contributed by atoms with E-state index in [1.165, 1.54) is 35.6 Å². The van der Waals surface area contributed by atoms with Gasteiger partial charge in [-0.3, -0.25) is 4.57 Å². The number of phenolic OH excluding ortho intramolecular Hbond substituents is 1. The summed E-state index contributed by atoms with van der Waals surface area (Å²) in [6.45, 7) is 0. The standard InChI is InChI=1S/C15H12N2O3S2/c18-13-8-6-12(7-9-13)17-10-11-21-15(17)16-22(19,20)14-4-2-1-3-5-14/h1-11,18H/b16-15+. The topological polar surface area (TPSA) is 71.7 Å². The van der Waals surface area contributed by atoms with Crippen LogP contribution in [0.15, 0.2) is 75.5 Å². The lowest BCUT2D eigenvalue weighted by molar-refractivity contribution is 0.475. The summed E-state index contributed by atoms with van der Waals surface area (Å²) in [4.78, 5) is 0.496. The van der Waals surface area contributed by atoms with E-state index in [9.17, 15) is 13.5 Å². The van der Waals surface area contributed by atoms with Crippen molar-refractivity contribution in [2.45, 2.75) is 4.90 Å². The summed E-state index contributed by atoms with van der Waals surface area (Å²) >= 11 is 1.22. The van der Waals surface area contributed by atoms with Gasteiger partial charge >= 0.3 is 0 Å². The van der Waals surface area contributed by atoms with Crippen molar-refractivity contribution in [3.63, 3.8) is 0 Å². The Morgan fingerprint density at radius 2 is 1.68 bits per heavy atom. The van der Waals surface area contributed by atoms with Gasteiger partial charge in [-0.1, -0.05) is 18.2 Å². The molecule has 1 heterocycles. The van der Waals surface area contributed by atoms with E-state index in [0.29, 0.717) is 4.80 Å². The van der Waals surface area contributed by atoms with Gasteiger partial charge in [-0.25, -0.2) is 0 Å². The molecule has 0 saturated carbocycles. The maximum Gasteiger partial charge on any atom is 0.285 e. The zero-order chi connectivity index (χ0) is 15.6. The molecule has 0 fully saturated rings. The minimum atomic E-state index is -3.76. The molecule has 0 unspecified atom stereocenters. The zero-order valence-electron chi connectivity index (χ0n) is 11.3. The SMILES string of the molecule is O=S(=O)(/N=c1/sccn1-c1ccc(O)cc1)c1ccccc1. The van der Waals surface area contributed by atoms with Crippen LogP contribution in [0.4, 0.5) is 0 Å². The predicted octanol–water partition coefficient (Wildman–Crippen LogP) is 2.53. The monoisotopic (exact) mass is 332 g/mol. The molecule has 2 aromatic carbocycles. The number of aromatic nitrogens is 1. The molecule has 1 aromatic heterocycles. The van der Waals surface area contributed by atoms with E-state index in [-0.39, 0.29) is 10.6 Å². The molecule has 0 amide bonds. The number of phenols is 1. The molecule has 5 nitrogen and oxygen atoms in total. The summed E-state index contributed by atoms with van der Waals surface area (Å²) in [7, 11) is -3.76. The number of hydrogen-bond acceptors (Lipinski definition) is 4. The van der Waals surface area contributed by atoms with Crippen LogP contribution in [-0.4, -0.2) is 18.1 Å². The van der Waals surface area contributed by atoms with Crippen LogP contribution < -0.4 is 4.80 Å². The maximum atomic E-state index is 12.3. The van der Waals surface area contributed by atoms with E-state index in [0.717, 1.165) is 5.69 Å². The fourth-order valence-corrected chi connectivity index (χ4v) is 3.85. The molecule has 0 aliphatic heterocycles. The Balaban J connectivity index is 2.11. The second kappa shape index (κ2) is 5.78. The van der Waals surface area contributed by atoms with Gasteiger partial charge in [-0.15, -0.1) is 15.7 Å². The number of sulfonamides is 1. The lowest BCUT2D eigenvalue weighted by Gasteiger charge is -2.03. The molecule has 0 spiro atoms. The first-order valence-corrected chi connectivity index (χ1v) is 8.70. The van der Waals surface area contributed by atoms with Gasteiger partial charge in [0.25, 0.3) is 10.0 Å². The van der Waals surface area contributed by atoms with Crippen LogP contribution in [0.2, 0.25) is 0 Å². The first-order chi connectivity index (χ1) is 10.6. The molecule has 0 saturated heterocycles. The van der Waals surface area contributed by atoms with Gasteiger partial charge in [0.2, 0.25) is 4.80 Å². The number of nitrogens with zero attached hydrogens (tertiary/aromatic N) is 2. The number of benzene rings is 2. The molecule has 1 N–H and O–H groups in total. The molecule has 0 aliphatic carbocycles. The number of hydrogen-bond donors (Lipinski definition) is 1. The van der Waals surface area contributed by atoms with E-state index in [1.54, 1.807) is 46.5 Å². The molecule has 0 aliphatic rings. The molecular formula is C15H12N2O3S2. The Bertz CT molecular complexity index is 940. The molecule has 0 radical (unpaired) electrons. The average molecular weight is 332 g/mol. The van der Waals surface area contributed by atoms with E-state index in [1.807, 2.05) is 0 Å². The van der Waals surface area contributed by atoms with Crippen molar-refractivity contribution in [1.29, 1.82) is 0 Å². The molecule has 3 aromatic rings. The summed E-state index contributed by atoms with van der Waals surface area (Å²) in [5, 5.41) is 11.1. The molecule has 0 atom stereocenters. The molecular weight excluding hydrogens is 320 g/mol. The smallest absolute Gasteiger partial charge is 0.285 e. The van der Waals surface area contributed by atoms with Crippen LogP contribution in [0.1, 0.15) is 0 Å². The van der Waals surface area contributed by atoms with Crippen LogP contribution in [0, 0.1) is 0 Å². The molecule has 112 valence electrons. The van der Waals surface area contributed by atoms with Crippen molar-refractivity contribution in [2.75, 3.05) is 0 Å². The molecule has 0 bridgehead atoms. The van der Waals surface area contributed by atoms with Gasteiger partial charge in [0, 0.05) is 17.3 Å². The Hall–Kier alpha value is -2.38. The van der Waals surface area contributed by atoms with E-state index in [2.05, 4.69) is 4.40 Å². The Morgan fingerprint density at radius 3 is 2.36 bits per heavy atom. The van der Waals surface area contributed by atoms with Crippen molar-refractivity contribution in [1.82, 2.24) is 4.57 Å². The summed E-state index contributed by atoms with van der Waals surface area (Å²) in [6.07, 6.45) is 1.73. The van der Waals surface area contributed by atoms with Gasteiger partial charge < -0.3 is 5.11 Å². The minimum Gasteiger partial charge on any atom is -0.508 e. The second-order valence-corrected chi connectivity index (χ2v) is 6.93. The number of rotatable bonds is 3. The zero-order valence-corrected chi connectivity index (χ0v) is 13.0. The first kappa shape index (κ1) is 14.6. The quantitative estimate of drug-likeness (QED) is 0.801. The minimum absolute atomic E-state index is 0.148.